The number of nitrogens with one attached hydrogen (secondary N) is 1. The lowest BCUT2D eigenvalue weighted by atomic mass is 9.95. The van der Waals surface area contributed by atoms with Crippen LogP contribution in [-0.4, -0.2) is 51.2 Å². The van der Waals surface area contributed by atoms with Crippen molar-refractivity contribution in [3.05, 3.63) is 47.7 Å². The zero-order valence-corrected chi connectivity index (χ0v) is 12.5. The molecule has 2 aliphatic heterocycles. The predicted molar refractivity (Wildman–Crippen MR) is 85.2 cm³/mol. The molecular weight excluding hydrogens is 312 g/mol. The number of hydrogen-bond acceptors (Lipinski definition) is 5. The molecule has 7 heteroatoms. The fourth-order valence-corrected chi connectivity index (χ4v) is 3.17. The number of ether oxygens (including phenoxy) is 1. The fraction of sp³-hybridized carbons (Fsp3) is 0.176. The van der Waals surface area contributed by atoms with E-state index in [1.807, 2.05) is 12.1 Å². The van der Waals surface area contributed by atoms with Gasteiger partial charge >= 0.3 is 5.97 Å². The van der Waals surface area contributed by atoms with E-state index < -0.39 is 18.7 Å². The van der Waals surface area contributed by atoms with Gasteiger partial charge in [-0.1, -0.05) is 12.2 Å². The molecule has 0 spiro atoms. The standard InChI is InChI=1S/C17H14N2O5/c20-8-19-13(17(22)23)2-1-10-14(21)7-24-15-6-12-9(3-4-18-12)5-11(15)16(10)19/h1-6,13,18,20H,7-8H2,(H,22,23). The van der Waals surface area contributed by atoms with Gasteiger partial charge in [0.05, 0.1) is 5.70 Å². The number of benzene rings is 1. The summed E-state index contributed by atoms with van der Waals surface area (Å²) in [5.74, 6) is -0.890. The van der Waals surface area contributed by atoms with Gasteiger partial charge in [0.15, 0.2) is 6.61 Å². The summed E-state index contributed by atoms with van der Waals surface area (Å²) in [4.78, 5) is 28.3. The van der Waals surface area contributed by atoms with Crippen LogP contribution in [0.4, 0.5) is 0 Å². The first kappa shape index (κ1) is 14.5. The van der Waals surface area contributed by atoms with E-state index in [9.17, 15) is 19.8 Å². The minimum absolute atomic E-state index is 0.139. The molecular formula is C17H14N2O5. The Hall–Kier alpha value is -3.06. The fourth-order valence-electron chi connectivity index (χ4n) is 3.17. The first-order chi connectivity index (χ1) is 11.6. The number of carbonyl (C=O) groups excluding carboxylic acids is 1. The van der Waals surface area contributed by atoms with Crippen molar-refractivity contribution < 1.29 is 24.5 Å². The van der Waals surface area contributed by atoms with Gasteiger partial charge in [-0.2, -0.15) is 0 Å². The number of nitrogens with zero attached hydrogens (tertiary/aromatic N) is 1. The highest BCUT2D eigenvalue weighted by Crippen LogP contribution is 2.39. The molecule has 0 amide bonds. The average molecular weight is 326 g/mol. The number of aliphatic hydroxyl groups is 1. The lowest BCUT2D eigenvalue weighted by molar-refractivity contribution is -0.141. The number of aliphatic carboxylic acids is 1. The number of Topliss-reactive ketones (excluding diaryl/α,β-unsaturated/α-hetero) is 1. The summed E-state index contributed by atoms with van der Waals surface area (Å²) < 4.78 is 5.62. The molecule has 2 aliphatic rings. The van der Waals surface area contributed by atoms with Gasteiger partial charge < -0.3 is 24.8 Å². The SMILES string of the molecule is O=C1COc2cc3[nH]ccc3cc2C2=C1C=CC(C(=O)O)N2CO. The predicted octanol–water partition coefficient (Wildman–Crippen LogP) is 1.12. The zero-order chi connectivity index (χ0) is 16.8. The third-order valence-corrected chi connectivity index (χ3v) is 4.30. The van der Waals surface area contributed by atoms with Crippen LogP contribution in [-0.2, 0) is 9.59 Å². The maximum atomic E-state index is 12.4. The average Bonchev–Trinajstić information content (AvgIpc) is 2.99. The van der Waals surface area contributed by atoms with Gasteiger partial charge in [0.2, 0.25) is 5.78 Å². The van der Waals surface area contributed by atoms with E-state index in [4.69, 9.17) is 4.74 Å². The van der Waals surface area contributed by atoms with Crippen LogP contribution >= 0.6 is 0 Å². The Kier molecular flexibility index (Phi) is 3.17. The number of carboxylic acids is 1. The maximum Gasteiger partial charge on any atom is 0.330 e. The number of ketones is 1. The number of hydrogen-bond donors (Lipinski definition) is 3. The van der Waals surface area contributed by atoms with Crippen LogP contribution in [0.1, 0.15) is 5.56 Å². The lowest BCUT2D eigenvalue weighted by Gasteiger charge is -2.33. The summed E-state index contributed by atoms with van der Waals surface area (Å²) >= 11 is 0. The minimum Gasteiger partial charge on any atom is -0.485 e. The minimum atomic E-state index is -1.10. The lowest BCUT2D eigenvalue weighted by Crippen LogP contribution is -2.41. The van der Waals surface area contributed by atoms with Crippen molar-refractivity contribution in [3.8, 4) is 5.75 Å². The topological polar surface area (TPSA) is 103 Å². The number of carboxylic acid groups (broad SMARTS) is 1. The van der Waals surface area contributed by atoms with Crippen LogP contribution in [0.3, 0.4) is 0 Å². The van der Waals surface area contributed by atoms with Gasteiger partial charge in [-0.3, -0.25) is 4.79 Å². The van der Waals surface area contributed by atoms with E-state index in [0.29, 0.717) is 22.6 Å². The highest BCUT2D eigenvalue weighted by molar-refractivity contribution is 6.09. The first-order valence-electron chi connectivity index (χ1n) is 7.40. The smallest absolute Gasteiger partial charge is 0.330 e. The van der Waals surface area contributed by atoms with Gasteiger partial charge in [0.25, 0.3) is 0 Å². The Bertz CT molecular complexity index is 924. The maximum absolute atomic E-state index is 12.4. The molecule has 0 aliphatic carbocycles. The highest BCUT2D eigenvalue weighted by Gasteiger charge is 2.35. The number of aromatic nitrogens is 1. The van der Waals surface area contributed by atoms with Crippen LogP contribution < -0.4 is 4.74 Å². The first-order valence-corrected chi connectivity index (χ1v) is 7.40. The van der Waals surface area contributed by atoms with Crippen molar-refractivity contribution in [2.75, 3.05) is 13.3 Å². The Morgan fingerprint density at radius 3 is 3.00 bits per heavy atom. The van der Waals surface area contributed by atoms with Crippen LogP contribution in [0.25, 0.3) is 16.6 Å². The van der Waals surface area contributed by atoms with E-state index in [1.54, 1.807) is 12.3 Å². The Morgan fingerprint density at radius 2 is 2.25 bits per heavy atom. The van der Waals surface area contributed by atoms with Crippen molar-refractivity contribution in [2.24, 2.45) is 0 Å². The number of rotatable bonds is 2. The Morgan fingerprint density at radius 1 is 1.42 bits per heavy atom. The number of fused-ring (bicyclic) bond motifs is 3. The molecule has 0 saturated carbocycles. The molecule has 0 radical (unpaired) electrons. The van der Waals surface area contributed by atoms with Crippen molar-refractivity contribution in [1.29, 1.82) is 0 Å². The number of aromatic amines is 1. The van der Waals surface area contributed by atoms with Crippen molar-refractivity contribution in [3.63, 3.8) is 0 Å². The molecule has 3 heterocycles. The highest BCUT2D eigenvalue weighted by atomic mass is 16.5. The summed E-state index contributed by atoms with van der Waals surface area (Å²) in [5.41, 5.74) is 2.16. The largest absolute Gasteiger partial charge is 0.485 e. The van der Waals surface area contributed by atoms with E-state index in [1.165, 1.54) is 17.1 Å². The Balaban J connectivity index is 1.99. The summed E-state index contributed by atoms with van der Waals surface area (Å²) in [7, 11) is 0. The van der Waals surface area contributed by atoms with E-state index in [2.05, 4.69) is 4.98 Å². The number of aliphatic hydroxyl groups excluding tert-OH is 1. The summed E-state index contributed by atoms with van der Waals surface area (Å²) in [6.07, 6.45) is 4.69. The van der Waals surface area contributed by atoms with E-state index in [-0.39, 0.29) is 12.4 Å². The van der Waals surface area contributed by atoms with Crippen molar-refractivity contribution >= 4 is 28.4 Å². The van der Waals surface area contributed by atoms with Crippen LogP contribution in [0.5, 0.6) is 5.75 Å². The van der Waals surface area contributed by atoms with Crippen molar-refractivity contribution in [2.45, 2.75) is 6.04 Å². The number of carbonyl (C=O) groups is 2. The summed E-state index contributed by atoms with van der Waals surface area (Å²) in [5, 5.41) is 20.1. The second-order valence-electron chi connectivity index (χ2n) is 5.64. The van der Waals surface area contributed by atoms with Gasteiger partial charge in [-0.15, -0.1) is 0 Å². The molecule has 1 atom stereocenters. The zero-order valence-electron chi connectivity index (χ0n) is 12.5. The molecule has 1 aromatic carbocycles. The van der Waals surface area contributed by atoms with E-state index in [0.717, 1.165) is 10.9 Å². The molecule has 3 N–H and O–H groups in total. The molecule has 2 aromatic rings. The van der Waals surface area contributed by atoms with Crippen LogP contribution in [0, 0.1) is 0 Å². The number of H-pyrrole nitrogens is 1. The van der Waals surface area contributed by atoms with Gasteiger partial charge in [-0.05, 0) is 12.1 Å². The van der Waals surface area contributed by atoms with Crippen molar-refractivity contribution in [1.82, 2.24) is 9.88 Å². The third kappa shape index (κ3) is 2.02. The molecule has 1 unspecified atom stereocenters. The van der Waals surface area contributed by atoms with Crippen LogP contribution in [0.15, 0.2) is 42.1 Å². The molecule has 0 fully saturated rings. The van der Waals surface area contributed by atoms with Crippen LogP contribution in [0.2, 0.25) is 0 Å². The third-order valence-electron chi connectivity index (χ3n) is 4.30. The molecule has 24 heavy (non-hydrogen) atoms. The molecule has 122 valence electrons. The monoisotopic (exact) mass is 326 g/mol. The molecule has 7 nitrogen and oxygen atoms in total. The second-order valence-corrected chi connectivity index (χ2v) is 5.64. The summed E-state index contributed by atoms with van der Waals surface area (Å²) in [6, 6.07) is 4.43. The quantitative estimate of drug-likeness (QED) is 0.764. The van der Waals surface area contributed by atoms with E-state index >= 15 is 0 Å². The normalized spacial score (nSPS) is 19.8. The summed E-state index contributed by atoms with van der Waals surface area (Å²) in [6.45, 7) is -0.669. The molecule has 0 bridgehead atoms. The molecule has 0 saturated heterocycles. The second kappa shape index (κ2) is 5.24. The van der Waals surface area contributed by atoms with Gasteiger partial charge in [-0.25, -0.2) is 4.79 Å². The van der Waals surface area contributed by atoms with Gasteiger partial charge in [0.1, 0.15) is 18.5 Å². The molecule has 1 aromatic heterocycles. The number of allylic oxidation sites excluding steroid dienone is 1. The molecule has 4 rings (SSSR count). The van der Waals surface area contributed by atoms with Gasteiger partial charge in [0, 0.05) is 34.3 Å². The Labute approximate surface area is 136 Å².